The van der Waals surface area contributed by atoms with Crippen LogP contribution in [0.1, 0.15) is 50.0 Å². The van der Waals surface area contributed by atoms with Crippen molar-refractivity contribution in [3.05, 3.63) is 35.4 Å². The SMILES string of the molecule is CC(C)OCCC(C)(C)OC(=O)c1ccc(CO)cc1. The molecule has 0 aliphatic rings. The Kier molecular flexibility index (Phi) is 6.17. The van der Waals surface area contributed by atoms with E-state index in [-0.39, 0.29) is 18.7 Å². The van der Waals surface area contributed by atoms with Crippen LogP contribution in [0.2, 0.25) is 0 Å². The van der Waals surface area contributed by atoms with Crippen LogP contribution >= 0.6 is 0 Å². The van der Waals surface area contributed by atoms with Gasteiger partial charge in [0.25, 0.3) is 0 Å². The molecule has 0 heterocycles. The average Bonchev–Trinajstić information content (AvgIpc) is 2.37. The second-order valence-corrected chi connectivity index (χ2v) is 5.67. The van der Waals surface area contributed by atoms with E-state index in [1.165, 1.54) is 0 Å². The number of benzene rings is 1. The van der Waals surface area contributed by atoms with E-state index in [1.54, 1.807) is 24.3 Å². The van der Waals surface area contributed by atoms with E-state index < -0.39 is 5.60 Å². The van der Waals surface area contributed by atoms with Gasteiger partial charge in [0.2, 0.25) is 0 Å². The van der Waals surface area contributed by atoms with Crippen LogP contribution < -0.4 is 0 Å². The molecule has 0 atom stereocenters. The maximum Gasteiger partial charge on any atom is 0.338 e. The normalized spacial score (nSPS) is 11.7. The van der Waals surface area contributed by atoms with Gasteiger partial charge < -0.3 is 14.6 Å². The minimum Gasteiger partial charge on any atom is -0.456 e. The van der Waals surface area contributed by atoms with Crippen LogP contribution in [0, 0.1) is 0 Å². The molecular formula is C16H24O4. The van der Waals surface area contributed by atoms with Crippen molar-refractivity contribution in [2.75, 3.05) is 6.61 Å². The van der Waals surface area contributed by atoms with Gasteiger partial charge in [-0.15, -0.1) is 0 Å². The Morgan fingerprint density at radius 1 is 1.25 bits per heavy atom. The Morgan fingerprint density at radius 3 is 2.35 bits per heavy atom. The van der Waals surface area contributed by atoms with Crippen LogP contribution in [0.15, 0.2) is 24.3 Å². The van der Waals surface area contributed by atoms with E-state index in [1.807, 2.05) is 27.7 Å². The van der Waals surface area contributed by atoms with E-state index >= 15 is 0 Å². The monoisotopic (exact) mass is 280 g/mol. The van der Waals surface area contributed by atoms with Crippen LogP contribution in [-0.2, 0) is 16.1 Å². The first kappa shape index (κ1) is 16.7. The maximum atomic E-state index is 12.0. The standard InChI is InChI=1S/C16H24O4/c1-12(2)19-10-9-16(3,4)20-15(18)14-7-5-13(11-17)6-8-14/h5-8,12,17H,9-11H2,1-4H3. The summed E-state index contributed by atoms with van der Waals surface area (Å²) in [5, 5.41) is 8.97. The summed E-state index contributed by atoms with van der Waals surface area (Å²) in [6.45, 7) is 8.21. The third-order valence-electron chi connectivity index (χ3n) is 2.90. The number of carbonyl (C=O) groups is 1. The van der Waals surface area contributed by atoms with Crippen molar-refractivity contribution < 1.29 is 19.4 Å². The number of carbonyl (C=O) groups excluding carboxylic acids is 1. The van der Waals surface area contributed by atoms with E-state index in [4.69, 9.17) is 14.6 Å². The van der Waals surface area contributed by atoms with Crippen LogP contribution in [0.4, 0.5) is 0 Å². The average molecular weight is 280 g/mol. The zero-order valence-corrected chi connectivity index (χ0v) is 12.7. The summed E-state index contributed by atoms with van der Waals surface area (Å²) in [6, 6.07) is 6.75. The van der Waals surface area contributed by atoms with Gasteiger partial charge in [-0.1, -0.05) is 12.1 Å². The number of hydrogen-bond donors (Lipinski definition) is 1. The van der Waals surface area contributed by atoms with Gasteiger partial charge in [-0.25, -0.2) is 4.79 Å². The highest BCUT2D eigenvalue weighted by Crippen LogP contribution is 2.18. The Morgan fingerprint density at radius 2 is 1.85 bits per heavy atom. The number of aliphatic hydroxyl groups excluding tert-OH is 1. The highest BCUT2D eigenvalue weighted by Gasteiger charge is 2.23. The summed E-state index contributed by atoms with van der Waals surface area (Å²) < 4.78 is 11.0. The van der Waals surface area contributed by atoms with Crippen molar-refractivity contribution in [2.45, 2.75) is 52.4 Å². The first-order valence-corrected chi connectivity index (χ1v) is 6.89. The van der Waals surface area contributed by atoms with Gasteiger partial charge in [0.15, 0.2) is 0 Å². The van der Waals surface area contributed by atoms with Crippen molar-refractivity contribution in [3.63, 3.8) is 0 Å². The minimum absolute atomic E-state index is 0.0344. The molecule has 0 amide bonds. The third kappa shape index (κ3) is 5.72. The molecule has 0 aliphatic carbocycles. The zero-order chi connectivity index (χ0) is 15.2. The number of hydrogen-bond acceptors (Lipinski definition) is 4. The van der Waals surface area contributed by atoms with E-state index in [9.17, 15) is 4.79 Å². The first-order chi connectivity index (χ1) is 9.34. The van der Waals surface area contributed by atoms with Gasteiger partial charge in [0, 0.05) is 6.42 Å². The summed E-state index contributed by atoms with van der Waals surface area (Å²) in [5.74, 6) is -0.357. The van der Waals surface area contributed by atoms with Crippen molar-refractivity contribution >= 4 is 5.97 Å². The largest absolute Gasteiger partial charge is 0.456 e. The Hall–Kier alpha value is -1.39. The lowest BCUT2D eigenvalue weighted by Crippen LogP contribution is -2.30. The molecule has 0 spiro atoms. The molecule has 0 saturated heterocycles. The molecule has 0 bridgehead atoms. The molecule has 0 saturated carbocycles. The topological polar surface area (TPSA) is 55.8 Å². The maximum absolute atomic E-state index is 12.0. The first-order valence-electron chi connectivity index (χ1n) is 6.89. The predicted octanol–water partition coefficient (Wildman–Crippen LogP) is 2.93. The molecule has 1 rings (SSSR count). The fourth-order valence-electron chi connectivity index (χ4n) is 1.65. The quantitative estimate of drug-likeness (QED) is 0.780. The molecule has 112 valence electrons. The van der Waals surface area contributed by atoms with Crippen LogP contribution in [0.5, 0.6) is 0 Å². The van der Waals surface area contributed by atoms with Gasteiger partial charge >= 0.3 is 5.97 Å². The zero-order valence-electron chi connectivity index (χ0n) is 12.7. The van der Waals surface area contributed by atoms with Crippen LogP contribution in [0.3, 0.4) is 0 Å². The van der Waals surface area contributed by atoms with Crippen molar-refractivity contribution in [3.8, 4) is 0 Å². The van der Waals surface area contributed by atoms with E-state index in [0.29, 0.717) is 18.6 Å². The molecule has 0 aliphatic heterocycles. The summed E-state index contributed by atoms with van der Waals surface area (Å²) in [7, 11) is 0. The van der Waals surface area contributed by atoms with Gasteiger partial charge in [0.05, 0.1) is 24.9 Å². The molecule has 0 fully saturated rings. The molecule has 4 heteroatoms. The molecule has 1 N–H and O–H groups in total. The molecule has 4 nitrogen and oxygen atoms in total. The lowest BCUT2D eigenvalue weighted by atomic mass is 10.1. The molecule has 1 aromatic carbocycles. The minimum atomic E-state index is -0.568. The molecular weight excluding hydrogens is 256 g/mol. The van der Waals surface area contributed by atoms with Crippen molar-refractivity contribution in [1.29, 1.82) is 0 Å². The van der Waals surface area contributed by atoms with E-state index in [2.05, 4.69) is 0 Å². The third-order valence-corrected chi connectivity index (χ3v) is 2.90. The predicted molar refractivity (Wildman–Crippen MR) is 77.6 cm³/mol. The molecule has 20 heavy (non-hydrogen) atoms. The summed E-state index contributed by atoms with van der Waals surface area (Å²) >= 11 is 0. The Labute approximate surface area is 120 Å². The van der Waals surface area contributed by atoms with Crippen molar-refractivity contribution in [2.24, 2.45) is 0 Å². The van der Waals surface area contributed by atoms with Gasteiger partial charge in [-0.05, 0) is 45.4 Å². The number of esters is 1. The second kappa shape index (κ2) is 7.41. The fourth-order valence-corrected chi connectivity index (χ4v) is 1.65. The van der Waals surface area contributed by atoms with Gasteiger partial charge in [-0.2, -0.15) is 0 Å². The lowest BCUT2D eigenvalue weighted by Gasteiger charge is -2.25. The van der Waals surface area contributed by atoms with Crippen molar-refractivity contribution in [1.82, 2.24) is 0 Å². The van der Waals surface area contributed by atoms with E-state index in [0.717, 1.165) is 5.56 Å². The Bertz CT molecular complexity index is 421. The molecule has 0 radical (unpaired) electrons. The van der Waals surface area contributed by atoms with Gasteiger partial charge in [0.1, 0.15) is 5.60 Å². The lowest BCUT2D eigenvalue weighted by molar-refractivity contribution is -0.0239. The van der Waals surface area contributed by atoms with Crippen LogP contribution in [0.25, 0.3) is 0 Å². The molecule has 0 unspecified atom stereocenters. The number of aliphatic hydroxyl groups is 1. The van der Waals surface area contributed by atoms with Gasteiger partial charge in [-0.3, -0.25) is 0 Å². The van der Waals surface area contributed by atoms with Crippen LogP contribution in [-0.4, -0.2) is 29.4 Å². The summed E-state index contributed by atoms with van der Waals surface area (Å²) in [5.41, 5.74) is 0.688. The summed E-state index contributed by atoms with van der Waals surface area (Å²) in [6.07, 6.45) is 0.818. The number of rotatable bonds is 7. The highest BCUT2D eigenvalue weighted by atomic mass is 16.6. The highest BCUT2D eigenvalue weighted by molar-refractivity contribution is 5.89. The fraction of sp³-hybridized carbons (Fsp3) is 0.562. The Balaban J connectivity index is 2.54. The molecule has 1 aromatic rings. The number of ether oxygens (including phenoxy) is 2. The smallest absolute Gasteiger partial charge is 0.338 e. The molecule has 0 aromatic heterocycles. The second-order valence-electron chi connectivity index (χ2n) is 5.67. The summed E-state index contributed by atoms with van der Waals surface area (Å²) in [4.78, 5) is 12.0.